The van der Waals surface area contributed by atoms with Crippen molar-refractivity contribution in [1.82, 2.24) is 4.98 Å². The summed E-state index contributed by atoms with van der Waals surface area (Å²) in [6, 6.07) is 10.0. The van der Waals surface area contributed by atoms with Gasteiger partial charge in [0.15, 0.2) is 0 Å². The molecule has 1 heterocycles. The average Bonchev–Trinajstić information content (AvgIpc) is 2.49. The highest BCUT2D eigenvalue weighted by Crippen LogP contribution is 2.13. The van der Waals surface area contributed by atoms with E-state index in [2.05, 4.69) is 10.3 Å². The summed E-state index contributed by atoms with van der Waals surface area (Å²) in [6.45, 7) is 2.53. The molecule has 21 heavy (non-hydrogen) atoms. The number of ether oxygens (including phenoxy) is 1. The summed E-state index contributed by atoms with van der Waals surface area (Å²) in [6.07, 6.45) is 4.11. The molecule has 4 nitrogen and oxygen atoms in total. The van der Waals surface area contributed by atoms with Crippen LogP contribution in [0, 0.1) is 5.82 Å². The number of hydrogen-bond acceptors (Lipinski definition) is 3. The number of pyridine rings is 1. The van der Waals surface area contributed by atoms with Gasteiger partial charge in [-0.25, -0.2) is 9.37 Å². The lowest BCUT2D eigenvalue weighted by atomic mass is 10.2. The van der Waals surface area contributed by atoms with Crippen LogP contribution < -0.4 is 10.1 Å². The van der Waals surface area contributed by atoms with Crippen LogP contribution >= 0.6 is 0 Å². The quantitative estimate of drug-likeness (QED) is 0.858. The summed E-state index contributed by atoms with van der Waals surface area (Å²) in [4.78, 5) is 15.4. The molecule has 0 unspecified atom stereocenters. The van der Waals surface area contributed by atoms with E-state index in [-0.39, 0.29) is 5.91 Å². The number of nitrogens with zero attached hydrogens (tertiary/aromatic N) is 1. The molecule has 0 bridgehead atoms. The first-order valence-electron chi connectivity index (χ1n) is 6.51. The van der Waals surface area contributed by atoms with Crippen LogP contribution in [0.1, 0.15) is 12.5 Å². The third-order valence-electron chi connectivity index (χ3n) is 2.60. The molecule has 0 aliphatic heterocycles. The van der Waals surface area contributed by atoms with Crippen LogP contribution in [-0.4, -0.2) is 17.5 Å². The Morgan fingerprint density at radius 2 is 2.05 bits per heavy atom. The van der Waals surface area contributed by atoms with Crippen LogP contribution in [0.3, 0.4) is 0 Å². The Labute approximate surface area is 122 Å². The molecule has 2 rings (SSSR count). The maximum absolute atomic E-state index is 12.7. The molecule has 1 aromatic heterocycles. The third kappa shape index (κ3) is 4.72. The van der Waals surface area contributed by atoms with E-state index in [4.69, 9.17) is 4.74 Å². The summed E-state index contributed by atoms with van der Waals surface area (Å²) in [5.74, 6) is 0.313. The predicted octanol–water partition coefficient (Wildman–Crippen LogP) is 3.27. The molecule has 1 amide bonds. The molecule has 0 radical (unpaired) electrons. The first-order valence-corrected chi connectivity index (χ1v) is 6.51. The Kier molecular flexibility index (Phi) is 5.04. The Hall–Kier alpha value is -2.69. The minimum atomic E-state index is -0.446. The van der Waals surface area contributed by atoms with Crippen molar-refractivity contribution < 1.29 is 13.9 Å². The lowest BCUT2D eigenvalue weighted by Gasteiger charge is -2.02. The Morgan fingerprint density at radius 3 is 2.67 bits per heavy atom. The standard InChI is InChI=1S/C16H15FN2O2/c1-2-21-14-7-3-12(4-8-14)5-10-16(20)19-15-9-6-13(17)11-18-15/h3-11H,2H2,1H3,(H,18,19,20)/b10-5+. The van der Waals surface area contributed by atoms with Crippen molar-refractivity contribution in [2.75, 3.05) is 11.9 Å². The molecule has 0 saturated heterocycles. The number of rotatable bonds is 5. The fourth-order valence-corrected chi connectivity index (χ4v) is 1.63. The highest BCUT2D eigenvalue weighted by Gasteiger charge is 1.99. The van der Waals surface area contributed by atoms with E-state index in [9.17, 15) is 9.18 Å². The predicted molar refractivity (Wildman–Crippen MR) is 79.5 cm³/mol. The number of halogens is 1. The van der Waals surface area contributed by atoms with Crippen molar-refractivity contribution in [3.63, 3.8) is 0 Å². The fraction of sp³-hybridized carbons (Fsp3) is 0.125. The van der Waals surface area contributed by atoms with Gasteiger partial charge in [0.1, 0.15) is 17.4 Å². The Bertz CT molecular complexity index is 622. The molecule has 1 N–H and O–H groups in total. The van der Waals surface area contributed by atoms with Gasteiger partial charge in [0.25, 0.3) is 0 Å². The van der Waals surface area contributed by atoms with Crippen molar-refractivity contribution >= 4 is 17.8 Å². The number of hydrogen-bond donors (Lipinski definition) is 1. The van der Waals surface area contributed by atoms with Gasteiger partial charge < -0.3 is 10.1 Å². The average molecular weight is 286 g/mol. The van der Waals surface area contributed by atoms with E-state index in [1.807, 2.05) is 31.2 Å². The zero-order valence-corrected chi connectivity index (χ0v) is 11.5. The maximum Gasteiger partial charge on any atom is 0.249 e. The second-order valence-corrected chi connectivity index (χ2v) is 4.19. The van der Waals surface area contributed by atoms with Crippen LogP contribution in [0.5, 0.6) is 5.75 Å². The maximum atomic E-state index is 12.7. The SMILES string of the molecule is CCOc1ccc(/C=C/C(=O)Nc2ccc(F)cn2)cc1. The Morgan fingerprint density at radius 1 is 1.29 bits per heavy atom. The smallest absolute Gasteiger partial charge is 0.249 e. The summed E-state index contributed by atoms with van der Waals surface area (Å²) >= 11 is 0. The Balaban J connectivity index is 1.93. The molecular weight excluding hydrogens is 271 g/mol. The molecule has 5 heteroatoms. The number of benzene rings is 1. The fourth-order valence-electron chi connectivity index (χ4n) is 1.63. The second kappa shape index (κ2) is 7.19. The highest BCUT2D eigenvalue weighted by atomic mass is 19.1. The molecule has 0 spiro atoms. The monoisotopic (exact) mass is 286 g/mol. The summed E-state index contributed by atoms with van der Waals surface area (Å²) < 4.78 is 18.0. The molecule has 0 aliphatic rings. The van der Waals surface area contributed by atoms with E-state index < -0.39 is 5.82 Å². The normalized spacial score (nSPS) is 10.6. The van der Waals surface area contributed by atoms with Crippen LogP contribution in [-0.2, 0) is 4.79 Å². The zero-order valence-electron chi connectivity index (χ0n) is 11.5. The van der Waals surface area contributed by atoms with Crippen LogP contribution in [0.25, 0.3) is 6.08 Å². The van der Waals surface area contributed by atoms with Gasteiger partial charge in [0.05, 0.1) is 12.8 Å². The number of carbonyl (C=O) groups is 1. The van der Waals surface area contributed by atoms with Crippen LogP contribution in [0.2, 0.25) is 0 Å². The molecule has 0 atom stereocenters. The van der Waals surface area contributed by atoms with Gasteiger partial charge in [-0.3, -0.25) is 4.79 Å². The van der Waals surface area contributed by atoms with Crippen molar-refractivity contribution in [2.24, 2.45) is 0 Å². The van der Waals surface area contributed by atoms with Crippen LogP contribution in [0.15, 0.2) is 48.7 Å². The second-order valence-electron chi connectivity index (χ2n) is 4.19. The molecule has 2 aromatic rings. The van der Waals surface area contributed by atoms with Gasteiger partial charge in [-0.15, -0.1) is 0 Å². The lowest BCUT2D eigenvalue weighted by Crippen LogP contribution is -2.08. The minimum Gasteiger partial charge on any atom is -0.494 e. The lowest BCUT2D eigenvalue weighted by molar-refractivity contribution is -0.111. The van der Waals surface area contributed by atoms with Crippen molar-refractivity contribution in [3.8, 4) is 5.75 Å². The van der Waals surface area contributed by atoms with Gasteiger partial charge in [-0.1, -0.05) is 12.1 Å². The molecule has 0 fully saturated rings. The van der Waals surface area contributed by atoms with Gasteiger partial charge in [0.2, 0.25) is 5.91 Å². The molecule has 108 valence electrons. The summed E-state index contributed by atoms with van der Waals surface area (Å²) in [5.41, 5.74) is 0.876. The first kappa shape index (κ1) is 14.7. The van der Waals surface area contributed by atoms with Crippen molar-refractivity contribution in [1.29, 1.82) is 0 Å². The zero-order chi connectivity index (χ0) is 15.1. The highest BCUT2D eigenvalue weighted by molar-refractivity contribution is 6.01. The molecule has 0 saturated carbocycles. The number of carbonyl (C=O) groups excluding carboxylic acids is 1. The number of amides is 1. The van der Waals surface area contributed by atoms with Gasteiger partial charge in [-0.2, -0.15) is 0 Å². The summed E-state index contributed by atoms with van der Waals surface area (Å²) in [5, 5.41) is 2.54. The number of anilines is 1. The van der Waals surface area contributed by atoms with E-state index in [0.717, 1.165) is 17.5 Å². The topological polar surface area (TPSA) is 51.2 Å². The molecule has 1 aromatic carbocycles. The van der Waals surface area contributed by atoms with Crippen molar-refractivity contribution in [3.05, 3.63) is 60.1 Å². The molecule has 0 aliphatic carbocycles. The largest absolute Gasteiger partial charge is 0.494 e. The third-order valence-corrected chi connectivity index (χ3v) is 2.60. The summed E-state index contributed by atoms with van der Waals surface area (Å²) in [7, 11) is 0. The van der Waals surface area contributed by atoms with Gasteiger partial charge in [0, 0.05) is 6.08 Å². The van der Waals surface area contributed by atoms with E-state index >= 15 is 0 Å². The number of aromatic nitrogens is 1. The van der Waals surface area contributed by atoms with Crippen LogP contribution in [0.4, 0.5) is 10.2 Å². The van der Waals surface area contributed by atoms with Crippen molar-refractivity contribution in [2.45, 2.75) is 6.92 Å². The van der Waals surface area contributed by atoms with E-state index in [0.29, 0.717) is 12.4 Å². The number of nitrogens with one attached hydrogen (secondary N) is 1. The minimum absolute atomic E-state index is 0.303. The van der Waals surface area contributed by atoms with Gasteiger partial charge >= 0.3 is 0 Å². The van der Waals surface area contributed by atoms with E-state index in [1.165, 1.54) is 18.2 Å². The first-order chi connectivity index (χ1) is 10.2. The van der Waals surface area contributed by atoms with E-state index in [1.54, 1.807) is 6.08 Å². The molecular formula is C16H15FN2O2. The van der Waals surface area contributed by atoms with Gasteiger partial charge in [-0.05, 0) is 42.8 Å².